The molecule has 0 heterocycles. The van der Waals surface area contributed by atoms with Crippen LogP contribution in [0.15, 0.2) is 72.8 Å². The zero-order chi connectivity index (χ0) is 17.6. The van der Waals surface area contributed by atoms with E-state index in [4.69, 9.17) is 10.00 Å². The van der Waals surface area contributed by atoms with E-state index in [0.29, 0.717) is 22.6 Å². The van der Waals surface area contributed by atoms with Crippen molar-refractivity contribution in [1.82, 2.24) is 0 Å². The van der Waals surface area contributed by atoms with E-state index in [-0.39, 0.29) is 5.91 Å². The number of ether oxygens (including phenoxy) is 1. The Balaban J connectivity index is 1.67. The van der Waals surface area contributed by atoms with Gasteiger partial charge in [0, 0.05) is 11.3 Å². The molecule has 122 valence electrons. The molecule has 0 aliphatic rings. The first kappa shape index (κ1) is 16.3. The summed E-state index contributed by atoms with van der Waals surface area (Å²) in [6.07, 6.45) is 0. The molecule has 0 aliphatic heterocycles. The van der Waals surface area contributed by atoms with Crippen molar-refractivity contribution in [3.63, 3.8) is 0 Å². The lowest BCUT2D eigenvalue weighted by Gasteiger charge is -2.08. The van der Waals surface area contributed by atoms with Crippen LogP contribution in [0.25, 0.3) is 0 Å². The van der Waals surface area contributed by atoms with Crippen LogP contribution in [0.1, 0.15) is 21.5 Å². The fourth-order valence-electron chi connectivity index (χ4n) is 2.28. The molecule has 0 unspecified atom stereocenters. The number of nitrogens with one attached hydrogen (secondary N) is 1. The molecule has 4 heteroatoms. The van der Waals surface area contributed by atoms with Gasteiger partial charge in [0.15, 0.2) is 0 Å². The monoisotopic (exact) mass is 328 g/mol. The zero-order valence-corrected chi connectivity index (χ0v) is 13.7. The van der Waals surface area contributed by atoms with Crippen molar-refractivity contribution in [2.75, 3.05) is 5.32 Å². The van der Waals surface area contributed by atoms with Gasteiger partial charge in [-0.05, 0) is 61.5 Å². The number of benzene rings is 3. The number of hydrogen-bond acceptors (Lipinski definition) is 3. The molecule has 3 aromatic carbocycles. The minimum absolute atomic E-state index is 0.260. The number of carbonyl (C=O) groups is 1. The number of hydrogen-bond donors (Lipinski definition) is 1. The number of nitriles is 1. The van der Waals surface area contributed by atoms with E-state index in [9.17, 15) is 4.79 Å². The lowest BCUT2D eigenvalue weighted by atomic mass is 10.1. The predicted octanol–water partition coefficient (Wildman–Crippen LogP) is 4.91. The fraction of sp³-hybridized carbons (Fsp3) is 0.0476. The van der Waals surface area contributed by atoms with Crippen LogP contribution in [0, 0.1) is 18.3 Å². The molecule has 1 amide bonds. The van der Waals surface area contributed by atoms with Crippen molar-refractivity contribution in [1.29, 1.82) is 5.26 Å². The summed E-state index contributed by atoms with van der Waals surface area (Å²) in [5.74, 6) is 1.19. The van der Waals surface area contributed by atoms with Crippen molar-refractivity contribution in [3.8, 4) is 17.6 Å². The Labute approximate surface area is 146 Å². The normalized spacial score (nSPS) is 9.92. The number of rotatable bonds is 4. The first-order valence-corrected chi connectivity index (χ1v) is 7.80. The van der Waals surface area contributed by atoms with Gasteiger partial charge in [0.05, 0.1) is 11.6 Å². The third-order valence-corrected chi connectivity index (χ3v) is 3.62. The number of aryl methyl sites for hydroxylation is 1. The Hall–Kier alpha value is -3.58. The highest BCUT2D eigenvalue weighted by Gasteiger charge is 2.07. The summed E-state index contributed by atoms with van der Waals surface area (Å²) in [6, 6.07) is 23.5. The third kappa shape index (κ3) is 4.24. The zero-order valence-electron chi connectivity index (χ0n) is 13.7. The summed E-state index contributed by atoms with van der Waals surface area (Å²) >= 11 is 0. The fourth-order valence-corrected chi connectivity index (χ4v) is 2.28. The van der Waals surface area contributed by atoms with Crippen LogP contribution in [0.3, 0.4) is 0 Å². The molecule has 1 N–H and O–H groups in total. The molecule has 0 fully saturated rings. The van der Waals surface area contributed by atoms with E-state index in [1.54, 1.807) is 48.5 Å². The smallest absolute Gasteiger partial charge is 0.255 e. The molecule has 0 spiro atoms. The maximum Gasteiger partial charge on any atom is 0.255 e. The largest absolute Gasteiger partial charge is 0.457 e. The Morgan fingerprint density at radius 3 is 2.24 bits per heavy atom. The Morgan fingerprint density at radius 1 is 0.960 bits per heavy atom. The van der Waals surface area contributed by atoms with Gasteiger partial charge in [-0.1, -0.05) is 23.8 Å². The van der Waals surface area contributed by atoms with Crippen molar-refractivity contribution in [2.24, 2.45) is 0 Å². The van der Waals surface area contributed by atoms with Gasteiger partial charge in [-0.3, -0.25) is 4.79 Å². The van der Waals surface area contributed by atoms with E-state index < -0.39 is 0 Å². The maximum atomic E-state index is 12.2. The second-order valence-electron chi connectivity index (χ2n) is 5.59. The third-order valence-electron chi connectivity index (χ3n) is 3.62. The summed E-state index contributed by atoms with van der Waals surface area (Å²) in [7, 11) is 0. The van der Waals surface area contributed by atoms with Crippen molar-refractivity contribution >= 4 is 11.6 Å². The van der Waals surface area contributed by atoms with Crippen LogP contribution in [0.5, 0.6) is 11.5 Å². The van der Waals surface area contributed by atoms with Crippen LogP contribution >= 0.6 is 0 Å². The molecule has 25 heavy (non-hydrogen) atoms. The maximum absolute atomic E-state index is 12.2. The number of nitrogens with zero attached hydrogens (tertiary/aromatic N) is 1. The van der Waals surface area contributed by atoms with E-state index in [1.165, 1.54) is 5.56 Å². The Bertz CT molecular complexity index is 923. The van der Waals surface area contributed by atoms with Gasteiger partial charge >= 0.3 is 0 Å². The molecule has 0 saturated carbocycles. The molecule has 4 nitrogen and oxygen atoms in total. The summed E-state index contributed by atoms with van der Waals surface area (Å²) in [6.45, 7) is 2.02. The minimum atomic E-state index is -0.260. The molecular weight excluding hydrogens is 312 g/mol. The highest BCUT2D eigenvalue weighted by molar-refractivity contribution is 6.04. The Kier molecular flexibility index (Phi) is 4.77. The molecule has 0 atom stereocenters. The van der Waals surface area contributed by atoms with E-state index >= 15 is 0 Å². The topological polar surface area (TPSA) is 62.1 Å². The van der Waals surface area contributed by atoms with Crippen LogP contribution in [-0.2, 0) is 0 Å². The average molecular weight is 328 g/mol. The molecule has 3 rings (SSSR count). The van der Waals surface area contributed by atoms with Crippen LogP contribution in [-0.4, -0.2) is 5.91 Å². The molecule has 0 bridgehead atoms. The van der Waals surface area contributed by atoms with Gasteiger partial charge in [0.1, 0.15) is 11.5 Å². The number of amides is 1. The van der Waals surface area contributed by atoms with Crippen LogP contribution < -0.4 is 10.1 Å². The van der Waals surface area contributed by atoms with Gasteiger partial charge in [0.2, 0.25) is 0 Å². The second kappa shape index (κ2) is 7.33. The first-order chi connectivity index (χ1) is 12.1. The highest BCUT2D eigenvalue weighted by atomic mass is 16.5. The summed E-state index contributed by atoms with van der Waals surface area (Å²) in [5.41, 5.74) is 2.73. The number of anilines is 1. The summed E-state index contributed by atoms with van der Waals surface area (Å²) in [5, 5.41) is 11.7. The summed E-state index contributed by atoms with van der Waals surface area (Å²) in [4.78, 5) is 12.2. The van der Waals surface area contributed by atoms with Gasteiger partial charge < -0.3 is 10.1 Å². The minimum Gasteiger partial charge on any atom is -0.457 e. The second-order valence-corrected chi connectivity index (χ2v) is 5.59. The van der Waals surface area contributed by atoms with Gasteiger partial charge in [-0.2, -0.15) is 5.26 Å². The molecule has 0 saturated heterocycles. The van der Waals surface area contributed by atoms with Gasteiger partial charge in [-0.15, -0.1) is 0 Å². The molecular formula is C21H16N2O2. The molecule has 0 radical (unpaired) electrons. The highest BCUT2D eigenvalue weighted by Crippen LogP contribution is 2.23. The van der Waals surface area contributed by atoms with E-state index in [0.717, 1.165) is 5.75 Å². The lowest BCUT2D eigenvalue weighted by Crippen LogP contribution is -2.11. The predicted molar refractivity (Wildman–Crippen MR) is 96.8 cm³/mol. The SMILES string of the molecule is Cc1ccc(Oc2ccc(NC(=O)c3cccc(C#N)c3)cc2)cc1. The lowest BCUT2D eigenvalue weighted by molar-refractivity contribution is 0.102. The quantitative estimate of drug-likeness (QED) is 0.740. The average Bonchev–Trinajstić information content (AvgIpc) is 2.65. The van der Waals surface area contributed by atoms with Crippen molar-refractivity contribution in [3.05, 3.63) is 89.5 Å². The van der Waals surface area contributed by atoms with Crippen molar-refractivity contribution < 1.29 is 9.53 Å². The standard InChI is InChI=1S/C21H16N2O2/c1-15-5-9-19(10-6-15)25-20-11-7-18(8-12-20)23-21(24)17-4-2-3-16(13-17)14-22/h2-13H,1H3,(H,23,24). The summed E-state index contributed by atoms with van der Waals surface area (Å²) < 4.78 is 5.76. The molecule has 0 aliphatic carbocycles. The van der Waals surface area contributed by atoms with Gasteiger partial charge in [0.25, 0.3) is 5.91 Å². The first-order valence-electron chi connectivity index (χ1n) is 7.80. The molecule has 3 aromatic rings. The van der Waals surface area contributed by atoms with Crippen molar-refractivity contribution in [2.45, 2.75) is 6.92 Å². The Morgan fingerprint density at radius 2 is 1.60 bits per heavy atom. The van der Waals surface area contributed by atoms with Crippen LogP contribution in [0.4, 0.5) is 5.69 Å². The van der Waals surface area contributed by atoms with Crippen LogP contribution in [0.2, 0.25) is 0 Å². The van der Waals surface area contributed by atoms with E-state index in [1.807, 2.05) is 37.3 Å². The van der Waals surface area contributed by atoms with Gasteiger partial charge in [-0.25, -0.2) is 0 Å². The molecule has 0 aromatic heterocycles. The van der Waals surface area contributed by atoms with E-state index in [2.05, 4.69) is 5.32 Å². The number of carbonyl (C=O) groups excluding carboxylic acids is 1.